The predicted octanol–water partition coefficient (Wildman–Crippen LogP) is 3.57. The van der Waals surface area contributed by atoms with Gasteiger partial charge in [-0.05, 0) is 42.0 Å². The maximum absolute atomic E-state index is 13.5. The topological polar surface area (TPSA) is 45.7 Å². The third kappa shape index (κ3) is 4.24. The molecule has 0 radical (unpaired) electrons. The molecule has 1 amide bonds. The summed E-state index contributed by atoms with van der Waals surface area (Å²) in [6.07, 6.45) is 1.75. The molecule has 2 heterocycles. The summed E-state index contributed by atoms with van der Waals surface area (Å²) in [5.41, 5.74) is 2.93. The van der Waals surface area contributed by atoms with Gasteiger partial charge in [-0.1, -0.05) is 36.4 Å². The van der Waals surface area contributed by atoms with Crippen LogP contribution in [0.15, 0.2) is 79.0 Å². The number of hydrogen-bond acceptors (Lipinski definition) is 4. The molecule has 148 valence electrons. The van der Waals surface area contributed by atoms with E-state index in [0.717, 1.165) is 35.8 Å². The van der Waals surface area contributed by atoms with Crippen LogP contribution in [0.2, 0.25) is 0 Å². The van der Waals surface area contributed by atoms with Crippen LogP contribution >= 0.6 is 0 Å². The molecule has 1 saturated heterocycles. The Balaban J connectivity index is 1.49. The first-order valence-corrected chi connectivity index (χ1v) is 9.90. The van der Waals surface area contributed by atoms with E-state index in [0.29, 0.717) is 13.1 Å². The quantitative estimate of drug-likeness (QED) is 0.671. The molecule has 29 heavy (non-hydrogen) atoms. The van der Waals surface area contributed by atoms with Crippen LogP contribution in [0.4, 0.5) is 5.69 Å². The second-order valence-electron chi connectivity index (χ2n) is 7.11. The van der Waals surface area contributed by atoms with Gasteiger partial charge in [0.1, 0.15) is 11.7 Å². The van der Waals surface area contributed by atoms with Gasteiger partial charge < -0.3 is 14.5 Å². The molecule has 1 unspecified atom stereocenters. The molecular formula is C24H25N3O2. The van der Waals surface area contributed by atoms with Crippen molar-refractivity contribution in [2.24, 2.45) is 0 Å². The third-order valence-corrected chi connectivity index (χ3v) is 5.39. The number of ether oxygens (including phenoxy) is 1. The van der Waals surface area contributed by atoms with Gasteiger partial charge in [0.2, 0.25) is 5.91 Å². The van der Waals surface area contributed by atoms with Crippen LogP contribution in [0.3, 0.4) is 0 Å². The smallest absolute Gasteiger partial charge is 0.236 e. The van der Waals surface area contributed by atoms with Crippen molar-refractivity contribution in [3.63, 3.8) is 0 Å². The zero-order chi connectivity index (χ0) is 20.1. The zero-order valence-electron chi connectivity index (χ0n) is 16.6. The van der Waals surface area contributed by atoms with Crippen molar-refractivity contribution in [1.29, 1.82) is 0 Å². The van der Waals surface area contributed by atoms with E-state index < -0.39 is 0 Å². The van der Waals surface area contributed by atoms with E-state index in [1.807, 2.05) is 65.6 Å². The number of carbonyl (C=O) groups is 1. The number of piperazine rings is 1. The maximum Gasteiger partial charge on any atom is 0.236 e. The van der Waals surface area contributed by atoms with E-state index in [4.69, 9.17) is 4.74 Å². The molecule has 1 aliphatic heterocycles. The Labute approximate surface area is 171 Å². The molecule has 0 bridgehead atoms. The molecule has 0 saturated carbocycles. The molecule has 5 heteroatoms. The molecule has 1 atom stereocenters. The van der Waals surface area contributed by atoms with E-state index in [1.54, 1.807) is 13.3 Å². The Kier molecular flexibility index (Phi) is 5.75. The minimum atomic E-state index is -0.370. The highest BCUT2D eigenvalue weighted by molar-refractivity contribution is 5.87. The highest BCUT2D eigenvalue weighted by Gasteiger charge is 2.30. The Hall–Kier alpha value is -3.34. The van der Waals surface area contributed by atoms with Crippen LogP contribution in [-0.2, 0) is 4.79 Å². The normalized spacial score (nSPS) is 15.1. The summed E-state index contributed by atoms with van der Waals surface area (Å²) < 4.78 is 5.24. The molecule has 2 aromatic carbocycles. The summed E-state index contributed by atoms with van der Waals surface area (Å²) >= 11 is 0. The highest BCUT2D eigenvalue weighted by Crippen LogP contribution is 2.27. The fraction of sp³-hybridized carbons (Fsp3) is 0.250. The third-order valence-electron chi connectivity index (χ3n) is 5.39. The molecular weight excluding hydrogens is 362 g/mol. The maximum atomic E-state index is 13.5. The lowest BCUT2D eigenvalue weighted by atomic mass is 9.93. The molecule has 0 spiro atoms. The van der Waals surface area contributed by atoms with Crippen LogP contribution in [0.25, 0.3) is 0 Å². The summed E-state index contributed by atoms with van der Waals surface area (Å²) in [5, 5.41) is 0. The first-order valence-electron chi connectivity index (χ1n) is 9.90. The molecule has 1 aliphatic rings. The SMILES string of the molecule is COc1ccc(N2CCN(C(=O)C(c3ccccc3)c3ccccn3)CC2)cc1. The van der Waals surface area contributed by atoms with Crippen molar-refractivity contribution < 1.29 is 9.53 Å². The average molecular weight is 387 g/mol. The summed E-state index contributed by atoms with van der Waals surface area (Å²) in [4.78, 5) is 22.2. The number of hydrogen-bond donors (Lipinski definition) is 0. The predicted molar refractivity (Wildman–Crippen MR) is 114 cm³/mol. The lowest BCUT2D eigenvalue weighted by Gasteiger charge is -2.37. The van der Waals surface area contributed by atoms with E-state index in [2.05, 4.69) is 22.0 Å². The number of amides is 1. The van der Waals surface area contributed by atoms with Gasteiger partial charge in [-0.3, -0.25) is 9.78 Å². The van der Waals surface area contributed by atoms with Gasteiger partial charge >= 0.3 is 0 Å². The Morgan fingerprint density at radius 1 is 0.897 bits per heavy atom. The molecule has 1 fully saturated rings. The summed E-state index contributed by atoms with van der Waals surface area (Å²) in [5.74, 6) is 0.595. The molecule has 3 aromatic rings. The van der Waals surface area contributed by atoms with Gasteiger partial charge in [-0.25, -0.2) is 0 Å². The Morgan fingerprint density at radius 2 is 1.59 bits per heavy atom. The molecule has 1 aromatic heterocycles. The van der Waals surface area contributed by atoms with Gasteiger partial charge in [0.15, 0.2) is 0 Å². The number of carbonyl (C=O) groups excluding carboxylic acids is 1. The van der Waals surface area contributed by atoms with Crippen LogP contribution in [0.1, 0.15) is 17.2 Å². The standard InChI is InChI=1S/C24H25N3O2/c1-29-21-12-10-20(11-13-21)26-15-17-27(18-16-26)24(28)23(19-7-3-2-4-8-19)22-9-5-6-14-25-22/h2-14,23H,15-18H2,1H3. The van der Waals surface area contributed by atoms with Gasteiger partial charge in [-0.15, -0.1) is 0 Å². The Morgan fingerprint density at radius 3 is 2.21 bits per heavy atom. The van der Waals surface area contributed by atoms with Crippen LogP contribution in [0.5, 0.6) is 5.75 Å². The number of nitrogens with zero attached hydrogens (tertiary/aromatic N) is 3. The summed E-state index contributed by atoms with van der Waals surface area (Å²) in [6.45, 7) is 3.01. The monoisotopic (exact) mass is 387 g/mol. The van der Waals surface area contributed by atoms with Gasteiger partial charge in [-0.2, -0.15) is 0 Å². The van der Waals surface area contributed by atoms with E-state index in [-0.39, 0.29) is 11.8 Å². The van der Waals surface area contributed by atoms with E-state index >= 15 is 0 Å². The van der Waals surface area contributed by atoms with Crippen LogP contribution in [-0.4, -0.2) is 49.1 Å². The van der Waals surface area contributed by atoms with Gasteiger partial charge in [0.25, 0.3) is 0 Å². The van der Waals surface area contributed by atoms with Crippen molar-refractivity contribution in [2.75, 3.05) is 38.2 Å². The summed E-state index contributed by atoms with van der Waals surface area (Å²) in [7, 11) is 1.67. The molecule has 4 rings (SSSR count). The minimum absolute atomic E-state index is 0.115. The number of anilines is 1. The first kappa shape index (κ1) is 19.0. The van der Waals surface area contributed by atoms with Crippen molar-refractivity contribution in [3.05, 3.63) is 90.3 Å². The molecule has 0 N–H and O–H groups in total. The van der Waals surface area contributed by atoms with Crippen LogP contribution in [0, 0.1) is 0 Å². The van der Waals surface area contributed by atoms with E-state index in [1.165, 1.54) is 0 Å². The minimum Gasteiger partial charge on any atom is -0.497 e. The lowest BCUT2D eigenvalue weighted by molar-refractivity contribution is -0.132. The number of pyridine rings is 1. The highest BCUT2D eigenvalue weighted by atomic mass is 16.5. The van der Waals surface area contributed by atoms with Crippen molar-refractivity contribution in [3.8, 4) is 5.75 Å². The second-order valence-corrected chi connectivity index (χ2v) is 7.11. The summed E-state index contributed by atoms with van der Waals surface area (Å²) in [6, 6.07) is 23.7. The number of methoxy groups -OCH3 is 1. The van der Waals surface area contributed by atoms with Crippen LogP contribution < -0.4 is 9.64 Å². The molecule has 0 aliphatic carbocycles. The van der Waals surface area contributed by atoms with E-state index in [9.17, 15) is 4.79 Å². The first-order chi connectivity index (χ1) is 14.3. The fourth-order valence-corrected chi connectivity index (χ4v) is 3.79. The second kappa shape index (κ2) is 8.78. The van der Waals surface area contributed by atoms with Crippen molar-refractivity contribution >= 4 is 11.6 Å². The largest absolute Gasteiger partial charge is 0.497 e. The van der Waals surface area contributed by atoms with Crippen molar-refractivity contribution in [2.45, 2.75) is 5.92 Å². The number of aromatic nitrogens is 1. The number of rotatable bonds is 5. The fourth-order valence-electron chi connectivity index (χ4n) is 3.79. The lowest BCUT2D eigenvalue weighted by Crippen LogP contribution is -2.50. The zero-order valence-corrected chi connectivity index (χ0v) is 16.6. The van der Waals surface area contributed by atoms with Crippen molar-refractivity contribution in [1.82, 2.24) is 9.88 Å². The van der Waals surface area contributed by atoms with Gasteiger partial charge in [0, 0.05) is 38.1 Å². The Bertz CT molecular complexity index is 882. The average Bonchev–Trinajstić information content (AvgIpc) is 2.81. The molecule has 5 nitrogen and oxygen atoms in total. The number of benzene rings is 2. The van der Waals surface area contributed by atoms with Gasteiger partial charge in [0.05, 0.1) is 12.8 Å².